The van der Waals surface area contributed by atoms with Gasteiger partial charge in [0.2, 0.25) is 0 Å². The largest absolute Gasteiger partial charge is 0.207 e. The van der Waals surface area contributed by atoms with E-state index in [2.05, 4.69) is 35.6 Å². The molecule has 0 aliphatic carbocycles. The van der Waals surface area contributed by atoms with Crippen LogP contribution in [0.3, 0.4) is 0 Å². The van der Waals surface area contributed by atoms with Crippen molar-refractivity contribution in [2.24, 2.45) is 0 Å². The molecular weight excluding hydrogens is 271 g/mol. The maximum atomic E-state index is 12.8. The van der Waals surface area contributed by atoms with E-state index in [-0.39, 0.29) is 5.82 Å². The van der Waals surface area contributed by atoms with Crippen LogP contribution in [0, 0.1) is 5.82 Å². The Morgan fingerprint density at radius 2 is 1.73 bits per heavy atom. The summed E-state index contributed by atoms with van der Waals surface area (Å²) in [6.45, 7) is 7.10. The second-order valence-corrected chi connectivity index (χ2v) is 11.3. The first-order valence-corrected chi connectivity index (χ1v) is 10.1. The standard InChI is InChI=1S/C12H18BrFSi/c1-15(2,3)9-11(8-13)10-4-6-12(14)7-5-10/h4-7,11H,8-9H2,1-3H3. The highest BCUT2D eigenvalue weighted by atomic mass is 79.9. The van der Waals surface area contributed by atoms with E-state index in [0.717, 1.165) is 5.33 Å². The van der Waals surface area contributed by atoms with E-state index in [1.54, 1.807) is 12.1 Å². The Labute approximate surface area is 101 Å². The third-order valence-corrected chi connectivity index (χ3v) is 4.89. The zero-order valence-electron chi connectivity index (χ0n) is 9.56. The molecule has 0 bridgehead atoms. The van der Waals surface area contributed by atoms with E-state index in [0.29, 0.717) is 5.92 Å². The molecule has 3 heteroatoms. The lowest BCUT2D eigenvalue weighted by Crippen LogP contribution is -2.23. The van der Waals surface area contributed by atoms with Crippen LogP contribution in [0.25, 0.3) is 0 Å². The first-order valence-electron chi connectivity index (χ1n) is 5.24. The van der Waals surface area contributed by atoms with Crippen molar-refractivity contribution in [2.75, 3.05) is 5.33 Å². The molecule has 1 unspecified atom stereocenters. The van der Waals surface area contributed by atoms with E-state index in [9.17, 15) is 4.39 Å². The molecule has 0 aliphatic rings. The lowest BCUT2D eigenvalue weighted by Gasteiger charge is -2.23. The van der Waals surface area contributed by atoms with Gasteiger partial charge in [0.05, 0.1) is 0 Å². The fourth-order valence-electron chi connectivity index (χ4n) is 1.74. The molecule has 0 aliphatic heterocycles. The molecule has 1 aromatic rings. The number of benzene rings is 1. The Balaban J connectivity index is 2.79. The van der Waals surface area contributed by atoms with Crippen LogP contribution >= 0.6 is 15.9 Å². The van der Waals surface area contributed by atoms with Crippen LogP contribution < -0.4 is 0 Å². The highest BCUT2D eigenvalue weighted by Crippen LogP contribution is 2.28. The average molecular weight is 289 g/mol. The number of halogens is 2. The molecule has 0 spiro atoms. The van der Waals surface area contributed by atoms with Crippen molar-refractivity contribution in [3.8, 4) is 0 Å². The van der Waals surface area contributed by atoms with Crippen LogP contribution in [-0.4, -0.2) is 13.4 Å². The summed E-state index contributed by atoms with van der Waals surface area (Å²) in [6.07, 6.45) is 0. The molecule has 0 fully saturated rings. The van der Waals surface area contributed by atoms with Gasteiger partial charge in [-0.2, -0.15) is 0 Å². The first-order chi connectivity index (χ1) is 6.92. The molecule has 0 nitrogen and oxygen atoms in total. The normalized spacial score (nSPS) is 13.9. The van der Waals surface area contributed by atoms with Gasteiger partial charge in [0.25, 0.3) is 0 Å². The zero-order valence-corrected chi connectivity index (χ0v) is 12.1. The highest BCUT2D eigenvalue weighted by Gasteiger charge is 2.20. The van der Waals surface area contributed by atoms with Crippen molar-refractivity contribution < 1.29 is 4.39 Å². The van der Waals surface area contributed by atoms with E-state index in [4.69, 9.17) is 0 Å². The molecule has 0 saturated heterocycles. The molecule has 0 amide bonds. The minimum atomic E-state index is -1.06. The number of alkyl halides is 1. The maximum Gasteiger partial charge on any atom is 0.123 e. The fourth-order valence-corrected chi connectivity index (χ4v) is 4.62. The van der Waals surface area contributed by atoms with Crippen LogP contribution in [0.5, 0.6) is 0 Å². The van der Waals surface area contributed by atoms with Crippen LogP contribution in [-0.2, 0) is 0 Å². The van der Waals surface area contributed by atoms with Crippen molar-refractivity contribution >= 4 is 24.0 Å². The van der Waals surface area contributed by atoms with Gasteiger partial charge in [-0.15, -0.1) is 0 Å². The molecule has 84 valence electrons. The van der Waals surface area contributed by atoms with Crippen molar-refractivity contribution in [2.45, 2.75) is 31.6 Å². The Kier molecular flexibility index (Phi) is 4.53. The van der Waals surface area contributed by atoms with Gasteiger partial charge in [-0.05, 0) is 29.7 Å². The summed E-state index contributed by atoms with van der Waals surface area (Å²) in [5.41, 5.74) is 1.25. The van der Waals surface area contributed by atoms with E-state index >= 15 is 0 Å². The third kappa shape index (κ3) is 4.47. The van der Waals surface area contributed by atoms with Crippen molar-refractivity contribution in [3.63, 3.8) is 0 Å². The summed E-state index contributed by atoms with van der Waals surface area (Å²) < 4.78 is 12.8. The summed E-state index contributed by atoms with van der Waals surface area (Å²) in [5.74, 6) is 0.373. The minimum Gasteiger partial charge on any atom is -0.207 e. The van der Waals surface area contributed by atoms with Gasteiger partial charge in [-0.3, -0.25) is 0 Å². The molecular formula is C12H18BrFSi. The smallest absolute Gasteiger partial charge is 0.123 e. The molecule has 0 N–H and O–H groups in total. The van der Waals surface area contributed by atoms with Gasteiger partial charge in [-0.1, -0.05) is 47.7 Å². The van der Waals surface area contributed by atoms with Crippen LogP contribution in [0.2, 0.25) is 25.7 Å². The molecule has 0 aromatic heterocycles. The fraction of sp³-hybridized carbons (Fsp3) is 0.500. The molecule has 1 atom stereocenters. The van der Waals surface area contributed by atoms with Crippen molar-refractivity contribution in [1.29, 1.82) is 0 Å². The predicted octanol–water partition coefficient (Wildman–Crippen LogP) is 4.64. The summed E-state index contributed by atoms with van der Waals surface area (Å²) in [5, 5.41) is 0.961. The monoisotopic (exact) mass is 288 g/mol. The van der Waals surface area contributed by atoms with Gasteiger partial charge >= 0.3 is 0 Å². The third-order valence-electron chi connectivity index (χ3n) is 2.39. The van der Waals surface area contributed by atoms with Crippen molar-refractivity contribution in [3.05, 3.63) is 35.6 Å². The van der Waals surface area contributed by atoms with Gasteiger partial charge in [0, 0.05) is 13.4 Å². The average Bonchev–Trinajstić information content (AvgIpc) is 2.14. The maximum absolute atomic E-state index is 12.8. The van der Waals surface area contributed by atoms with Crippen LogP contribution in [0.15, 0.2) is 24.3 Å². The topological polar surface area (TPSA) is 0 Å². The molecule has 1 aromatic carbocycles. The highest BCUT2D eigenvalue weighted by molar-refractivity contribution is 9.09. The van der Waals surface area contributed by atoms with Gasteiger partial charge in [0.15, 0.2) is 0 Å². The molecule has 1 rings (SSSR count). The summed E-state index contributed by atoms with van der Waals surface area (Å²) >= 11 is 3.55. The number of hydrogen-bond acceptors (Lipinski definition) is 0. The lowest BCUT2D eigenvalue weighted by molar-refractivity contribution is 0.626. The van der Waals surface area contributed by atoms with Gasteiger partial charge < -0.3 is 0 Å². The number of rotatable bonds is 4. The number of hydrogen-bond donors (Lipinski definition) is 0. The van der Waals surface area contributed by atoms with Crippen molar-refractivity contribution in [1.82, 2.24) is 0 Å². The lowest BCUT2D eigenvalue weighted by atomic mass is 10.0. The molecule has 15 heavy (non-hydrogen) atoms. The second kappa shape index (κ2) is 5.26. The zero-order chi connectivity index (χ0) is 11.5. The van der Waals surface area contributed by atoms with E-state index < -0.39 is 8.07 Å². The minimum absolute atomic E-state index is 0.153. The van der Waals surface area contributed by atoms with Gasteiger partial charge in [0.1, 0.15) is 5.82 Å². The predicted molar refractivity (Wildman–Crippen MR) is 71.1 cm³/mol. The molecule has 0 heterocycles. The first kappa shape index (κ1) is 12.9. The second-order valence-electron chi connectivity index (χ2n) is 5.17. The van der Waals surface area contributed by atoms with E-state index in [1.807, 2.05) is 12.1 Å². The quantitative estimate of drug-likeness (QED) is 0.559. The van der Waals surface area contributed by atoms with Gasteiger partial charge in [-0.25, -0.2) is 4.39 Å². The molecule has 0 radical (unpaired) electrons. The molecule has 0 saturated carbocycles. The SMILES string of the molecule is C[Si](C)(C)CC(CBr)c1ccc(F)cc1. The van der Waals surface area contributed by atoms with Crippen LogP contribution in [0.1, 0.15) is 11.5 Å². The Hall–Kier alpha value is -0.153. The summed E-state index contributed by atoms with van der Waals surface area (Å²) in [7, 11) is -1.06. The Morgan fingerprint density at radius 3 is 2.13 bits per heavy atom. The summed E-state index contributed by atoms with van der Waals surface area (Å²) in [4.78, 5) is 0. The van der Waals surface area contributed by atoms with Crippen LogP contribution in [0.4, 0.5) is 4.39 Å². The summed E-state index contributed by atoms with van der Waals surface area (Å²) in [6, 6.07) is 8.15. The Bertz CT molecular complexity index is 302. The van der Waals surface area contributed by atoms with E-state index in [1.165, 1.54) is 11.6 Å². The Morgan fingerprint density at radius 1 is 1.20 bits per heavy atom.